The molecular weight excluding hydrogens is 723 g/mol. The fourth-order valence-electron chi connectivity index (χ4n) is 8.24. The normalized spacial score (nSPS) is 13.0. The summed E-state index contributed by atoms with van der Waals surface area (Å²) in [6.45, 7) is 0. The molecule has 2 nitrogen and oxygen atoms in total. The molecule has 0 N–H and O–H groups in total. The second-order valence-electron chi connectivity index (χ2n) is 13.0. The molecule has 10 rings (SSSR count). The summed E-state index contributed by atoms with van der Waals surface area (Å²) < 4.78 is 44.6. The van der Waals surface area contributed by atoms with Crippen molar-refractivity contribution in [3.05, 3.63) is 206 Å². The molecule has 240 valence electrons. The number of hydrogen-bond donors (Lipinski definition) is 0. The van der Waals surface area contributed by atoms with Crippen molar-refractivity contribution in [2.75, 3.05) is 0 Å². The van der Waals surface area contributed by atoms with E-state index in [-0.39, 0.29) is 24.2 Å². The number of rotatable bonds is 6. The fourth-order valence-corrected chi connectivity index (χ4v) is 21.8. The molecule has 2 heterocycles. The molecular formula is C48H34N2Sn. The molecule has 0 saturated carbocycles. The van der Waals surface area contributed by atoms with E-state index in [1.807, 2.05) is 28.8 Å². The summed E-state index contributed by atoms with van der Waals surface area (Å²) in [6.07, 6.45) is 0. The first-order valence-corrected chi connectivity index (χ1v) is 23.0. The van der Waals surface area contributed by atoms with Crippen molar-refractivity contribution < 1.29 is 5.48 Å². The van der Waals surface area contributed by atoms with E-state index in [2.05, 4.69) is 162 Å². The summed E-state index contributed by atoms with van der Waals surface area (Å²) >= 11 is -3.77. The van der Waals surface area contributed by atoms with Crippen LogP contribution in [0.5, 0.6) is 0 Å². The summed E-state index contributed by atoms with van der Waals surface area (Å²) in [7, 11) is 0. The van der Waals surface area contributed by atoms with Crippen LogP contribution in [-0.4, -0.2) is 27.5 Å². The van der Waals surface area contributed by atoms with Gasteiger partial charge in [0.1, 0.15) is 0 Å². The van der Waals surface area contributed by atoms with E-state index in [1.54, 1.807) is 0 Å². The Bertz CT molecular complexity index is 2970. The first-order valence-electron chi connectivity index (χ1n) is 19.3. The van der Waals surface area contributed by atoms with Crippen LogP contribution in [0.2, 0.25) is 0 Å². The third kappa shape index (κ3) is 4.63. The minimum absolute atomic E-state index is 0.0208. The zero-order valence-corrected chi connectivity index (χ0v) is 30.6. The molecule has 0 bridgehead atoms. The Hall–Kier alpha value is -5.84. The summed E-state index contributed by atoms with van der Waals surface area (Å²) in [5.74, 6) is 0. The van der Waals surface area contributed by atoms with E-state index in [0.717, 1.165) is 44.1 Å². The number of para-hydroxylation sites is 3. The van der Waals surface area contributed by atoms with E-state index < -0.39 is 18.4 Å². The monoisotopic (exact) mass is 762 g/mol. The Morgan fingerprint density at radius 1 is 0.333 bits per heavy atom. The second-order valence-corrected chi connectivity index (χ2v) is 23.9. The molecule has 2 aromatic heterocycles. The van der Waals surface area contributed by atoms with Crippen LogP contribution in [0.3, 0.4) is 0 Å². The van der Waals surface area contributed by atoms with Gasteiger partial charge in [0.25, 0.3) is 0 Å². The van der Waals surface area contributed by atoms with E-state index in [0.29, 0.717) is 10.9 Å². The van der Waals surface area contributed by atoms with Crippen molar-refractivity contribution >= 4 is 76.3 Å². The molecule has 0 unspecified atom stereocenters. The van der Waals surface area contributed by atoms with Crippen LogP contribution >= 0.6 is 0 Å². The zero-order chi connectivity index (χ0) is 37.3. The van der Waals surface area contributed by atoms with Crippen LogP contribution in [0.25, 0.3) is 55.0 Å². The summed E-state index contributed by atoms with van der Waals surface area (Å²) in [4.78, 5) is 0. The van der Waals surface area contributed by atoms with Crippen LogP contribution in [0.15, 0.2) is 206 Å². The zero-order valence-electron chi connectivity index (χ0n) is 31.7. The van der Waals surface area contributed by atoms with Crippen molar-refractivity contribution in [3.8, 4) is 11.4 Å². The molecule has 0 aliphatic carbocycles. The second kappa shape index (κ2) is 12.2. The number of fused-ring (bicyclic) bond motifs is 6. The van der Waals surface area contributed by atoms with Gasteiger partial charge >= 0.3 is 267 Å². The number of aromatic nitrogens is 2. The molecule has 0 spiro atoms. The average molecular weight is 762 g/mol. The fraction of sp³-hybridized carbons (Fsp3) is 0. The predicted molar refractivity (Wildman–Crippen MR) is 219 cm³/mol. The van der Waals surface area contributed by atoms with Crippen LogP contribution in [0.1, 0.15) is 5.48 Å². The van der Waals surface area contributed by atoms with Crippen molar-refractivity contribution in [1.29, 1.82) is 0 Å². The molecule has 10 aromatic rings. The van der Waals surface area contributed by atoms with E-state index in [1.165, 1.54) is 14.3 Å². The van der Waals surface area contributed by atoms with Gasteiger partial charge in [-0.15, -0.1) is 0 Å². The quantitative estimate of drug-likeness (QED) is 0.150. The molecule has 0 aliphatic heterocycles. The molecule has 51 heavy (non-hydrogen) atoms. The van der Waals surface area contributed by atoms with E-state index in [4.69, 9.17) is 5.48 Å². The third-order valence-electron chi connectivity index (χ3n) is 10.4. The predicted octanol–water partition coefficient (Wildman–Crippen LogP) is 9.26. The standard InChI is InChI=1S/C30H19N2.3C6H5.Sn/c1-2-10-21(11-3-1)31-29-17-9-6-14-25(29)26-20-22(18-19-30(26)31)32-27-15-7-4-12-23(27)24-13-5-8-16-28(24)32;3*1-2-4-6-5-3-1;/h2-20H;3*1-5H;/i4D,7D,12D,15D;;;;. The summed E-state index contributed by atoms with van der Waals surface area (Å²) in [6, 6.07) is 64.6. The first-order chi connectivity index (χ1) is 27.0. The molecule has 3 heteroatoms. The van der Waals surface area contributed by atoms with E-state index >= 15 is 0 Å². The SMILES string of the molecule is [2H]c1c([2H])c([2H])c2c(c1[2H])c1ccccc1n2-c1ccc2c(c1)c1ccccc1n2-c1cc[c]([Sn]([c]2ccccc2)([c]2ccccc2)[c]2ccccc2)cc1. The molecule has 0 radical (unpaired) electrons. The molecule has 0 aliphatic rings. The van der Waals surface area contributed by atoms with Gasteiger partial charge in [0.2, 0.25) is 0 Å². The van der Waals surface area contributed by atoms with Gasteiger partial charge in [0, 0.05) is 0 Å². The third-order valence-corrected chi connectivity index (χ3v) is 24.1. The maximum absolute atomic E-state index is 8.97. The number of hydrogen-bond acceptors (Lipinski definition) is 0. The Morgan fingerprint density at radius 3 is 1.35 bits per heavy atom. The molecule has 8 aromatic carbocycles. The maximum atomic E-state index is 8.97. The number of nitrogens with zero attached hydrogens (tertiary/aromatic N) is 2. The van der Waals surface area contributed by atoms with Gasteiger partial charge in [0.05, 0.1) is 5.48 Å². The van der Waals surface area contributed by atoms with Crippen LogP contribution < -0.4 is 14.3 Å². The van der Waals surface area contributed by atoms with Crippen LogP contribution in [-0.2, 0) is 0 Å². The Labute approximate surface area is 307 Å². The Balaban J connectivity index is 1.19. The minimum atomic E-state index is -3.77. The topological polar surface area (TPSA) is 9.86 Å². The number of benzene rings is 8. The summed E-state index contributed by atoms with van der Waals surface area (Å²) in [5.41, 5.74) is 5.39. The first kappa shape index (κ1) is 26.0. The average Bonchev–Trinajstić information content (AvgIpc) is 3.77. The van der Waals surface area contributed by atoms with Gasteiger partial charge in [-0.05, 0) is 0 Å². The van der Waals surface area contributed by atoms with Crippen molar-refractivity contribution in [2.45, 2.75) is 0 Å². The van der Waals surface area contributed by atoms with Gasteiger partial charge < -0.3 is 0 Å². The van der Waals surface area contributed by atoms with Gasteiger partial charge in [-0.25, -0.2) is 0 Å². The van der Waals surface area contributed by atoms with Crippen molar-refractivity contribution in [1.82, 2.24) is 9.13 Å². The van der Waals surface area contributed by atoms with Crippen LogP contribution in [0.4, 0.5) is 0 Å². The van der Waals surface area contributed by atoms with Crippen LogP contribution in [0, 0.1) is 0 Å². The Morgan fingerprint density at radius 2 is 0.765 bits per heavy atom. The molecule has 0 amide bonds. The van der Waals surface area contributed by atoms with Crippen molar-refractivity contribution in [2.24, 2.45) is 0 Å². The van der Waals surface area contributed by atoms with Gasteiger partial charge in [-0.3, -0.25) is 0 Å². The molecule has 0 fully saturated rings. The molecule has 0 atom stereocenters. The van der Waals surface area contributed by atoms with Crippen molar-refractivity contribution in [3.63, 3.8) is 0 Å². The van der Waals surface area contributed by atoms with Gasteiger partial charge in [0.15, 0.2) is 0 Å². The van der Waals surface area contributed by atoms with Gasteiger partial charge in [-0.2, -0.15) is 0 Å². The Kier molecular flexibility index (Phi) is 6.22. The molecule has 0 saturated heterocycles. The summed E-state index contributed by atoms with van der Waals surface area (Å²) in [5, 5.41) is 3.51. The van der Waals surface area contributed by atoms with E-state index in [9.17, 15) is 0 Å². The van der Waals surface area contributed by atoms with Gasteiger partial charge in [-0.1, -0.05) is 36.3 Å².